The smallest absolute Gasteiger partial charge is 0.141 e. The van der Waals surface area contributed by atoms with E-state index in [-0.39, 0.29) is 5.84 Å². The molecule has 0 bridgehead atoms. The number of rotatable bonds is 3. The van der Waals surface area contributed by atoms with Gasteiger partial charge in [-0.25, -0.2) is 4.98 Å². The molecule has 3 nitrogen and oxygen atoms in total. The maximum Gasteiger partial charge on any atom is 0.141 e. The molecule has 0 spiro atoms. The molecule has 0 radical (unpaired) electrons. The molecule has 2 rings (SSSR count). The van der Waals surface area contributed by atoms with E-state index in [9.17, 15) is 0 Å². The third-order valence-corrected chi connectivity index (χ3v) is 3.78. The number of nitrogens with two attached hydrogens (primary N) is 1. The summed E-state index contributed by atoms with van der Waals surface area (Å²) in [6.45, 7) is 0. The summed E-state index contributed by atoms with van der Waals surface area (Å²) >= 11 is 13.2. The molecular weight excluding hydrogens is 289 g/mol. The van der Waals surface area contributed by atoms with Crippen LogP contribution in [0.25, 0.3) is 0 Å². The van der Waals surface area contributed by atoms with Crippen molar-refractivity contribution in [2.45, 2.75) is 9.92 Å². The monoisotopic (exact) mass is 297 g/mol. The number of halogens is 2. The van der Waals surface area contributed by atoms with Crippen LogP contribution in [-0.4, -0.2) is 10.8 Å². The van der Waals surface area contributed by atoms with E-state index in [1.54, 1.807) is 18.2 Å². The number of nitrogens with one attached hydrogen (secondary N) is 1. The Kier molecular flexibility index (Phi) is 4.11. The van der Waals surface area contributed by atoms with Crippen LogP contribution in [0.5, 0.6) is 0 Å². The average molecular weight is 298 g/mol. The van der Waals surface area contributed by atoms with Crippen LogP contribution in [-0.2, 0) is 0 Å². The molecule has 0 aliphatic carbocycles. The van der Waals surface area contributed by atoms with Gasteiger partial charge >= 0.3 is 0 Å². The van der Waals surface area contributed by atoms with Crippen LogP contribution in [0.15, 0.2) is 46.3 Å². The van der Waals surface area contributed by atoms with Gasteiger partial charge in [-0.15, -0.1) is 0 Å². The van der Waals surface area contributed by atoms with Crippen LogP contribution in [0.1, 0.15) is 5.69 Å². The summed E-state index contributed by atoms with van der Waals surface area (Å²) < 4.78 is 0. The van der Waals surface area contributed by atoms with Crippen LogP contribution in [0.4, 0.5) is 0 Å². The van der Waals surface area contributed by atoms with E-state index in [0.29, 0.717) is 15.7 Å². The molecule has 0 unspecified atom stereocenters. The van der Waals surface area contributed by atoms with Crippen LogP contribution in [0.2, 0.25) is 10.0 Å². The fourth-order valence-electron chi connectivity index (χ4n) is 1.28. The highest BCUT2D eigenvalue weighted by atomic mass is 35.5. The van der Waals surface area contributed by atoms with Gasteiger partial charge in [-0.2, -0.15) is 0 Å². The van der Waals surface area contributed by atoms with Crippen molar-refractivity contribution in [3.63, 3.8) is 0 Å². The van der Waals surface area contributed by atoms with E-state index in [1.807, 2.05) is 18.2 Å². The summed E-state index contributed by atoms with van der Waals surface area (Å²) in [6.07, 6.45) is 0. The van der Waals surface area contributed by atoms with Gasteiger partial charge < -0.3 is 5.73 Å². The second kappa shape index (κ2) is 5.61. The summed E-state index contributed by atoms with van der Waals surface area (Å²) in [5.74, 6) is -0.0495. The fraction of sp³-hybridized carbons (Fsp3) is 0. The molecule has 18 heavy (non-hydrogen) atoms. The highest BCUT2D eigenvalue weighted by Crippen LogP contribution is 2.31. The van der Waals surface area contributed by atoms with Crippen molar-refractivity contribution in [2.24, 2.45) is 5.73 Å². The van der Waals surface area contributed by atoms with Gasteiger partial charge in [0.2, 0.25) is 0 Å². The molecule has 1 heterocycles. The highest BCUT2D eigenvalue weighted by Gasteiger charge is 2.04. The van der Waals surface area contributed by atoms with Crippen molar-refractivity contribution < 1.29 is 0 Å². The second-order valence-corrected chi connectivity index (χ2v) is 5.36. The van der Waals surface area contributed by atoms with Crippen molar-refractivity contribution in [3.05, 3.63) is 52.1 Å². The molecule has 0 atom stereocenters. The zero-order valence-electron chi connectivity index (χ0n) is 9.15. The average Bonchev–Trinajstić information content (AvgIpc) is 2.34. The number of nitrogen functional groups attached to an aromatic ring is 1. The maximum atomic E-state index is 7.34. The Morgan fingerprint density at radius 3 is 2.61 bits per heavy atom. The summed E-state index contributed by atoms with van der Waals surface area (Å²) in [7, 11) is 0. The molecule has 3 N–H and O–H groups in total. The van der Waals surface area contributed by atoms with Crippen LogP contribution in [0.3, 0.4) is 0 Å². The zero-order valence-corrected chi connectivity index (χ0v) is 11.5. The van der Waals surface area contributed by atoms with Gasteiger partial charge in [0.1, 0.15) is 16.6 Å². The lowest BCUT2D eigenvalue weighted by molar-refractivity contribution is 1.10. The van der Waals surface area contributed by atoms with Gasteiger partial charge in [0.25, 0.3) is 0 Å². The number of hydrogen-bond donors (Lipinski definition) is 2. The van der Waals surface area contributed by atoms with E-state index in [0.717, 1.165) is 9.92 Å². The Labute approximate surface area is 119 Å². The van der Waals surface area contributed by atoms with Crippen molar-refractivity contribution in [1.29, 1.82) is 5.41 Å². The Balaban J connectivity index is 2.25. The summed E-state index contributed by atoms with van der Waals surface area (Å²) in [5.41, 5.74) is 5.85. The Morgan fingerprint density at radius 2 is 1.94 bits per heavy atom. The minimum absolute atomic E-state index is 0.0495. The predicted molar refractivity (Wildman–Crippen MR) is 75.8 cm³/mol. The lowest BCUT2D eigenvalue weighted by atomic mass is 10.3. The van der Waals surface area contributed by atoms with Gasteiger partial charge in [0.15, 0.2) is 0 Å². The molecule has 0 saturated heterocycles. The fourth-order valence-corrected chi connectivity index (χ4v) is 2.49. The van der Waals surface area contributed by atoms with Gasteiger partial charge in [-0.1, -0.05) is 41.0 Å². The molecule has 2 aromatic rings. The molecule has 1 aromatic carbocycles. The molecule has 0 saturated carbocycles. The summed E-state index contributed by atoms with van der Waals surface area (Å²) in [5, 5.41) is 9.12. The number of aromatic nitrogens is 1. The second-order valence-electron chi connectivity index (χ2n) is 3.45. The third kappa shape index (κ3) is 3.16. The Morgan fingerprint density at radius 1 is 1.17 bits per heavy atom. The number of amidine groups is 1. The van der Waals surface area contributed by atoms with Crippen molar-refractivity contribution in [2.75, 3.05) is 0 Å². The molecule has 0 aliphatic rings. The lowest BCUT2D eigenvalue weighted by Gasteiger charge is -2.04. The molecule has 0 amide bonds. The first kappa shape index (κ1) is 13.2. The van der Waals surface area contributed by atoms with Crippen molar-refractivity contribution in [3.8, 4) is 0 Å². The van der Waals surface area contributed by atoms with E-state index in [2.05, 4.69) is 4.98 Å². The van der Waals surface area contributed by atoms with Crippen molar-refractivity contribution in [1.82, 2.24) is 4.98 Å². The van der Waals surface area contributed by atoms with E-state index in [1.165, 1.54) is 11.8 Å². The molecule has 92 valence electrons. The molecule has 6 heteroatoms. The first-order chi connectivity index (χ1) is 8.56. The predicted octanol–water partition coefficient (Wildman–Crippen LogP) is 3.82. The molecular formula is C12H9Cl2N3S. The van der Waals surface area contributed by atoms with Gasteiger partial charge in [-0.3, -0.25) is 5.41 Å². The van der Waals surface area contributed by atoms with Crippen LogP contribution in [0, 0.1) is 5.41 Å². The molecule has 0 aliphatic heterocycles. The standard InChI is InChI=1S/C12H9Cl2N3S/c13-8-5-4-7(6-9(8)14)18-11-3-1-2-10(17-11)12(15)16/h1-6H,(H3,15,16). The molecule has 0 fully saturated rings. The van der Waals surface area contributed by atoms with E-state index < -0.39 is 0 Å². The first-order valence-electron chi connectivity index (χ1n) is 5.00. The Hall–Kier alpha value is -1.23. The van der Waals surface area contributed by atoms with Crippen LogP contribution >= 0.6 is 35.0 Å². The van der Waals surface area contributed by atoms with Gasteiger partial charge in [0.05, 0.1) is 10.0 Å². The number of benzene rings is 1. The number of hydrogen-bond acceptors (Lipinski definition) is 3. The van der Waals surface area contributed by atoms with E-state index in [4.69, 9.17) is 34.3 Å². The third-order valence-electron chi connectivity index (χ3n) is 2.11. The Bertz CT molecular complexity index is 602. The van der Waals surface area contributed by atoms with Crippen LogP contribution < -0.4 is 5.73 Å². The maximum absolute atomic E-state index is 7.34. The molecule has 1 aromatic heterocycles. The van der Waals surface area contributed by atoms with Gasteiger partial charge in [-0.05, 0) is 30.3 Å². The number of nitrogens with zero attached hydrogens (tertiary/aromatic N) is 1. The normalized spacial score (nSPS) is 10.3. The SMILES string of the molecule is N=C(N)c1cccc(Sc2ccc(Cl)c(Cl)c2)n1. The lowest BCUT2D eigenvalue weighted by Crippen LogP contribution is -2.12. The minimum Gasteiger partial charge on any atom is -0.382 e. The van der Waals surface area contributed by atoms with Gasteiger partial charge in [0, 0.05) is 4.90 Å². The first-order valence-corrected chi connectivity index (χ1v) is 6.58. The largest absolute Gasteiger partial charge is 0.382 e. The zero-order chi connectivity index (χ0) is 13.1. The highest BCUT2D eigenvalue weighted by molar-refractivity contribution is 7.99. The van der Waals surface area contributed by atoms with Crippen molar-refractivity contribution >= 4 is 40.8 Å². The quantitative estimate of drug-likeness (QED) is 0.668. The summed E-state index contributed by atoms with van der Waals surface area (Å²) in [6, 6.07) is 10.7. The minimum atomic E-state index is -0.0495. The van der Waals surface area contributed by atoms with E-state index >= 15 is 0 Å². The number of pyridine rings is 1. The topological polar surface area (TPSA) is 62.8 Å². The summed E-state index contributed by atoms with van der Waals surface area (Å²) in [4.78, 5) is 5.19.